The number of ether oxygens (including phenoxy) is 1. The molecule has 2 saturated heterocycles. The van der Waals surface area contributed by atoms with Crippen LogP contribution in [0.4, 0.5) is 0 Å². The molecule has 192 valence electrons. The number of fused-ring (bicyclic) bond motifs is 1. The van der Waals surface area contributed by atoms with Crippen molar-refractivity contribution >= 4 is 11.2 Å². The molecular weight excluding hydrogens is 456 g/mol. The third kappa shape index (κ3) is 5.16. The third-order valence-corrected chi connectivity index (χ3v) is 8.22. The summed E-state index contributed by atoms with van der Waals surface area (Å²) in [6.07, 6.45) is 13.6. The van der Waals surface area contributed by atoms with E-state index in [9.17, 15) is 0 Å². The van der Waals surface area contributed by atoms with E-state index in [1.807, 2.05) is 0 Å². The van der Waals surface area contributed by atoms with E-state index in [-0.39, 0.29) is 0 Å². The van der Waals surface area contributed by atoms with Gasteiger partial charge in [-0.25, -0.2) is 4.98 Å². The number of aromatic nitrogens is 2. The Morgan fingerprint density at radius 2 is 1.73 bits per heavy atom. The van der Waals surface area contributed by atoms with Gasteiger partial charge in [-0.15, -0.1) is 0 Å². The number of pyridine rings is 1. The lowest BCUT2D eigenvalue weighted by Gasteiger charge is -2.40. The van der Waals surface area contributed by atoms with Gasteiger partial charge in [0.25, 0.3) is 0 Å². The number of allylic oxidation sites excluding steroid dienone is 5. The molecule has 0 atom stereocenters. The highest BCUT2D eigenvalue weighted by Gasteiger charge is 2.26. The van der Waals surface area contributed by atoms with Crippen LogP contribution in [-0.4, -0.2) is 58.6 Å². The summed E-state index contributed by atoms with van der Waals surface area (Å²) in [5, 5.41) is 0. The number of hydrogen-bond donors (Lipinski definition) is 0. The summed E-state index contributed by atoms with van der Waals surface area (Å²) in [5.41, 5.74) is 9.73. The number of nitrogens with zero attached hydrogens (tertiary/aromatic N) is 4. The van der Waals surface area contributed by atoms with Gasteiger partial charge in [0, 0.05) is 69.3 Å². The van der Waals surface area contributed by atoms with Gasteiger partial charge in [0.15, 0.2) is 0 Å². The van der Waals surface area contributed by atoms with Crippen molar-refractivity contribution < 1.29 is 4.74 Å². The monoisotopic (exact) mass is 494 g/mol. The number of benzene rings is 1. The van der Waals surface area contributed by atoms with E-state index in [1.54, 1.807) is 0 Å². The van der Waals surface area contributed by atoms with Crippen molar-refractivity contribution in [3.8, 4) is 11.3 Å². The van der Waals surface area contributed by atoms with Crippen molar-refractivity contribution in [2.24, 2.45) is 5.92 Å². The molecule has 4 heterocycles. The summed E-state index contributed by atoms with van der Waals surface area (Å²) in [6.45, 7) is 13.4. The second-order valence-corrected chi connectivity index (χ2v) is 10.7. The lowest BCUT2D eigenvalue weighted by atomic mass is 9.96. The highest BCUT2D eigenvalue weighted by atomic mass is 16.5. The first-order chi connectivity index (χ1) is 18.2. The second kappa shape index (κ2) is 10.7. The van der Waals surface area contributed by atoms with Crippen LogP contribution in [0.5, 0.6) is 0 Å². The Labute approximate surface area is 220 Å². The predicted molar refractivity (Wildman–Crippen MR) is 151 cm³/mol. The Kier molecular flexibility index (Phi) is 6.99. The molecule has 0 N–H and O–H groups in total. The van der Waals surface area contributed by atoms with Crippen molar-refractivity contribution in [1.29, 1.82) is 0 Å². The molecule has 0 radical (unpaired) electrons. The van der Waals surface area contributed by atoms with Gasteiger partial charge in [-0.2, -0.15) is 0 Å². The molecule has 0 bridgehead atoms. The molecule has 1 aromatic carbocycles. The van der Waals surface area contributed by atoms with Crippen LogP contribution in [-0.2, 0) is 11.3 Å². The first-order valence-corrected chi connectivity index (χ1v) is 13.8. The molecule has 2 aliphatic heterocycles. The maximum Gasteiger partial charge on any atom is 0.137 e. The fourth-order valence-corrected chi connectivity index (χ4v) is 5.88. The van der Waals surface area contributed by atoms with Gasteiger partial charge in [-0.3, -0.25) is 4.90 Å². The number of imidazole rings is 1. The Morgan fingerprint density at radius 3 is 2.46 bits per heavy atom. The van der Waals surface area contributed by atoms with Gasteiger partial charge in [-0.1, -0.05) is 54.6 Å². The zero-order valence-electron chi connectivity index (χ0n) is 22.0. The highest BCUT2D eigenvalue weighted by molar-refractivity contribution is 5.76. The smallest absolute Gasteiger partial charge is 0.137 e. The van der Waals surface area contributed by atoms with E-state index < -0.39 is 0 Å². The average Bonchev–Trinajstić information content (AvgIpc) is 3.32. The molecular formula is C32H38N4O. The summed E-state index contributed by atoms with van der Waals surface area (Å²) in [5.74, 6) is 0.578. The standard InChI is InChI=1S/C32H38N4O/c1-24-8-10-28(11-9-24)32-30(36-22-29(12-13-31(36)33-32)27-6-4-3-5-7-27)23-34-16-18-35(19-17-34)25(2)26-14-20-37-21-15-26/h4,6-13,22,26H,2-3,5,14-21,23H2,1H3. The molecule has 1 aliphatic carbocycles. The van der Waals surface area contributed by atoms with E-state index >= 15 is 0 Å². The summed E-state index contributed by atoms with van der Waals surface area (Å²) in [7, 11) is 0. The molecule has 5 heteroatoms. The zero-order valence-corrected chi connectivity index (χ0v) is 22.0. The summed E-state index contributed by atoms with van der Waals surface area (Å²) >= 11 is 0. The molecule has 3 aliphatic rings. The highest BCUT2D eigenvalue weighted by Crippen LogP contribution is 2.30. The maximum atomic E-state index is 5.57. The van der Waals surface area contributed by atoms with Crippen LogP contribution in [0.25, 0.3) is 22.5 Å². The third-order valence-electron chi connectivity index (χ3n) is 8.22. The van der Waals surface area contributed by atoms with E-state index in [1.165, 1.54) is 33.7 Å². The van der Waals surface area contributed by atoms with Crippen molar-refractivity contribution in [2.75, 3.05) is 39.4 Å². The van der Waals surface area contributed by atoms with Crippen molar-refractivity contribution in [3.63, 3.8) is 0 Å². The average molecular weight is 495 g/mol. The second-order valence-electron chi connectivity index (χ2n) is 10.7. The van der Waals surface area contributed by atoms with Gasteiger partial charge < -0.3 is 14.0 Å². The SMILES string of the molecule is C=C(C1CCOCC1)N1CCN(Cc2c(-c3ccc(C)cc3)nc3ccc(C4=CCCC=C4)cn23)CC1. The normalized spacial score (nSPS) is 19.4. The largest absolute Gasteiger partial charge is 0.381 e. The van der Waals surface area contributed by atoms with Crippen LogP contribution in [0.3, 0.4) is 0 Å². The molecule has 6 rings (SSSR count). The van der Waals surface area contributed by atoms with Gasteiger partial charge in [0.05, 0.1) is 11.4 Å². The lowest BCUT2D eigenvalue weighted by Crippen LogP contribution is -2.46. The number of piperazine rings is 1. The first kappa shape index (κ1) is 24.2. The number of rotatable bonds is 6. The quantitative estimate of drug-likeness (QED) is 0.415. The van der Waals surface area contributed by atoms with Crippen LogP contribution in [0, 0.1) is 12.8 Å². The van der Waals surface area contributed by atoms with Crippen LogP contribution in [0.1, 0.15) is 42.5 Å². The van der Waals surface area contributed by atoms with Crippen LogP contribution in [0.2, 0.25) is 0 Å². The van der Waals surface area contributed by atoms with E-state index in [2.05, 4.69) is 88.5 Å². The van der Waals surface area contributed by atoms with E-state index in [4.69, 9.17) is 9.72 Å². The number of hydrogen-bond acceptors (Lipinski definition) is 4. The minimum Gasteiger partial charge on any atom is -0.381 e. The van der Waals surface area contributed by atoms with Crippen LogP contribution < -0.4 is 0 Å². The Morgan fingerprint density at radius 1 is 0.973 bits per heavy atom. The van der Waals surface area contributed by atoms with Gasteiger partial charge >= 0.3 is 0 Å². The molecule has 2 aromatic heterocycles. The van der Waals surface area contributed by atoms with Gasteiger partial charge in [0.2, 0.25) is 0 Å². The predicted octanol–water partition coefficient (Wildman–Crippen LogP) is 6.10. The molecule has 3 aromatic rings. The van der Waals surface area contributed by atoms with Crippen molar-refractivity contribution in [1.82, 2.24) is 19.2 Å². The zero-order chi connectivity index (χ0) is 25.2. The van der Waals surface area contributed by atoms with Crippen LogP contribution >= 0.6 is 0 Å². The molecule has 0 saturated carbocycles. The molecule has 0 spiro atoms. The Balaban J connectivity index is 1.27. The van der Waals surface area contributed by atoms with Crippen molar-refractivity contribution in [2.45, 2.75) is 39.2 Å². The topological polar surface area (TPSA) is 33.0 Å². The summed E-state index contributed by atoms with van der Waals surface area (Å²) in [4.78, 5) is 10.2. The molecule has 0 unspecified atom stereocenters. The van der Waals surface area contributed by atoms with Gasteiger partial charge in [0.1, 0.15) is 5.65 Å². The molecule has 37 heavy (non-hydrogen) atoms. The minimum atomic E-state index is 0.578. The molecule has 2 fully saturated rings. The van der Waals surface area contributed by atoms with Gasteiger partial charge in [-0.05, 0) is 55.9 Å². The Hall–Kier alpha value is -3.15. The Bertz CT molecular complexity index is 1320. The summed E-state index contributed by atoms with van der Waals surface area (Å²) in [6, 6.07) is 13.2. The lowest BCUT2D eigenvalue weighted by molar-refractivity contribution is 0.0612. The molecule has 0 amide bonds. The summed E-state index contributed by atoms with van der Waals surface area (Å²) < 4.78 is 7.90. The van der Waals surface area contributed by atoms with Crippen LogP contribution in [0.15, 0.2) is 73.1 Å². The molecule has 5 nitrogen and oxygen atoms in total. The minimum absolute atomic E-state index is 0.578. The fraction of sp³-hybridized carbons (Fsp3) is 0.406. The fourth-order valence-electron chi connectivity index (χ4n) is 5.88. The first-order valence-electron chi connectivity index (χ1n) is 13.8. The van der Waals surface area contributed by atoms with E-state index in [0.29, 0.717) is 5.92 Å². The van der Waals surface area contributed by atoms with Crippen molar-refractivity contribution in [3.05, 3.63) is 89.9 Å². The number of aryl methyl sites for hydroxylation is 1. The maximum absolute atomic E-state index is 5.57. The van der Waals surface area contributed by atoms with E-state index in [0.717, 1.165) is 83.0 Å².